The quantitative estimate of drug-likeness (QED) is 0.595. The van der Waals surface area contributed by atoms with Crippen molar-refractivity contribution in [2.45, 2.75) is 11.8 Å². The average molecular weight is 330 g/mol. The lowest BCUT2D eigenvalue weighted by Gasteiger charge is -2.05. The molecule has 88 valence electrons. The molecule has 0 fully saturated rings. The number of aromatic nitrogens is 2. The summed E-state index contributed by atoms with van der Waals surface area (Å²) >= 11 is 11.1. The van der Waals surface area contributed by atoms with Crippen molar-refractivity contribution in [1.82, 2.24) is 9.97 Å². The van der Waals surface area contributed by atoms with Crippen LogP contribution in [0.4, 0.5) is 0 Å². The highest BCUT2D eigenvalue weighted by Gasteiger charge is 2.08. The van der Waals surface area contributed by atoms with Crippen molar-refractivity contribution in [3.63, 3.8) is 0 Å². The van der Waals surface area contributed by atoms with Crippen LogP contribution in [0.1, 0.15) is 5.69 Å². The van der Waals surface area contributed by atoms with Gasteiger partial charge in [-0.05, 0) is 41.2 Å². The van der Waals surface area contributed by atoms with E-state index in [2.05, 4.69) is 38.0 Å². The number of halogens is 2. The number of aryl methyl sites for hydroxylation is 1. The third-order valence-corrected chi connectivity index (χ3v) is 4.52. The van der Waals surface area contributed by atoms with Gasteiger partial charge in [-0.15, -0.1) is 11.8 Å². The van der Waals surface area contributed by atoms with Crippen LogP contribution in [-0.2, 0) is 0 Å². The van der Waals surface area contributed by atoms with E-state index >= 15 is 0 Å². The number of nitrogens with zero attached hydrogens (tertiary/aromatic N) is 2. The maximum atomic E-state index is 6.03. The summed E-state index contributed by atoms with van der Waals surface area (Å²) < 4.78 is 0.753. The number of hydrogen-bond acceptors (Lipinski definition) is 3. The molecule has 0 aliphatic heterocycles. The summed E-state index contributed by atoms with van der Waals surface area (Å²) in [6.07, 6.45) is 2.05. The summed E-state index contributed by atoms with van der Waals surface area (Å²) in [4.78, 5) is 9.89. The summed E-state index contributed by atoms with van der Waals surface area (Å²) in [6.45, 7) is 1.90. The van der Waals surface area contributed by atoms with Crippen molar-refractivity contribution in [1.29, 1.82) is 0 Å². The lowest BCUT2D eigenvalue weighted by atomic mass is 10.2. The van der Waals surface area contributed by atoms with E-state index < -0.39 is 0 Å². The smallest absolute Gasteiger partial charge is 0.161 e. The summed E-state index contributed by atoms with van der Waals surface area (Å²) in [7, 11) is 0. The van der Waals surface area contributed by atoms with E-state index in [9.17, 15) is 0 Å². The van der Waals surface area contributed by atoms with Crippen LogP contribution in [-0.4, -0.2) is 16.2 Å². The first-order valence-electron chi connectivity index (χ1n) is 4.96. The van der Waals surface area contributed by atoms with E-state index in [1.54, 1.807) is 11.8 Å². The standard InChI is InChI=1S/C12H10BrClN2S/c1-7-10(13)11(14)16-12(15-7)8-3-5-9(17-2)6-4-8/h3-6H,1-2H3. The molecule has 2 rings (SSSR count). The van der Waals surface area contributed by atoms with Gasteiger partial charge in [0, 0.05) is 10.5 Å². The SMILES string of the molecule is CSc1ccc(-c2nc(C)c(Br)c(Cl)n2)cc1. The van der Waals surface area contributed by atoms with Gasteiger partial charge in [-0.2, -0.15) is 0 Å². The molecule has 5 heteroatoms. The fraction of sp³-hybridized carbons (Fsp3) is 0.167. The lowest BCUT2D eigenvalue weighted by molar-refractivity contribution is 1.09. The van der Waals surface area contributed by atoms with Crippen LogP contribution in [0.5, 0.6) is 0 Å². The maximum absolute atomic E-state index is 6.03. The Morgan fingerprint density at radius 3 is 2.35 bits per heavy atom. The van der Waals surface area contributed by atoms with Crippen LogP contribution in [0.2, 0.25) is 5.15 Å². The summed E-state index contributed by atoms with van der Waals surface area (Å²) in [6, 6.07) is 8.11. The predicted octanol–water partition coefficient (Wildman–Crippen LogP) is 4.59. The zero-order valence-electron chi connectivity index (χ0n) is 9.37. The van der Waals surface area contributed by atoms with E-state index in [4.69, 9.17) is 11.6 Å². The predicted molar refractivity (Wildman–Crippen MR) is 76.7 cm³/mol. The van der Waals surface area contributed by atoms with E-state index in [0.717, 1.165) is 15.7 Å². The molecule has 0 saturated heterocycles. The molecule has 2 aromatic rings. The Balaban J connectivity index is 2.45. The molecule has 0 radical (unpaired) electrons. The number of rotatable bonds is 2. The minimum absolute atomic E-state index is 0.446. The molecule has 0 N–H and O–H groups in total. The zero-order chi connectivity index (χ0) is 12.4. The first-order chi connectivity index (χ1) is 8.11. The molecule has 2 nitrogen and oxygen atoms in total. The van der Waals surface area contributed by atoms with Crippen LogP contribution >= 0.6 is 39.3 Å². The highest BCUT2D eigenvalue weighted by molar-refractivity contribution is 9.10. The van der Waals surface area contributed by atoms with E-state index in [0.29, 0.717) is 11.0 Å². The number of hydrogen-bond donors (Lipinski definition) is 0. The molecule has 0 spiro atoms. The molecule has 0 bridgehead atoms. The summed E-state index contributed by atoms with van der Waals surface area (Å²) in [5.74, 6) is 0.656. The Labute approximate surface area is 118 Å². The second-order valence-electron chi connectivity index (χ2n) is 3.47. The lowest BCUT2D eigenvalue weighted by Crippen LogP contribution is -1.94. The molecule has 0 saturated carbocycles. The van der Waals surface area contributed by atoms with Crippen LogP contribution in [0.3, 0.4) is 0 Å². The molecule has 17 heavy (non-hydrogen) atoms. The van der Waals surface area contributed by atoms with Crippen LogP contribution in [0.25, 0.3) is 11.4 Å². The maximum Gasteiger partial charge on any atom is 0.161 e. The van der Waals surface area contributed by atoms with Crippen molar-refractivity contribution in [3.05, 3.63) is 39.6 Å². The van der Waals surface area contributed by atoms with Crippen molar-refractivity contribution in [3.8, 4) is 11.4 Å². The van der Waals surface area contributed by atoms with Gasteiger partial charge >= 0.3 is 0 Å². The molecule has 0 amide bonds. The first kappa shape index (κ1) is 12.9. The Morgan fingerprint density at radius 1 is 1.18 bits per heavy atom. The van der Waals surface area contributed by atoms with Gasteiger partial charge < -0.3 is 0 Å². The molecular weight excluding hydrogens is 320 g/mol. The molecule has 1 heterocycles. The van der Waals surface area contributed by atoms with Gasteiger partial charge in [-0.3, -0.25) is 0 Å². The van der Waals surface area contributed by atoms with Gasteiger partial charge in [0.1, 0.15) is 5.15 Å². The fourth-order valence-electron chi connectivity index (χ4n) is 1.39. The molecule has 1 aromatic carbocycles. The van der Waals surface area contributed by atoms with Crippen LogP contribution in [0.15, 0.2) is 33.6 Å². The number of benzene rings is 1. The third kappa shape index (κ3) is 2.81. The van der Waals surface area contributed by atoms with E-state index in [-0.39, 0.29) is 0 Å². The summed E-state index contributed by atoms with van der Waals surface area (Å²) in [5.41, 5.74) is 1.81. The molecule has 0 aliphatic rings. The molecule has 0 atom stereocenters. The van der Waals surface area contributed by atoms with Gasteiger partial charge in [0.2, 0.25) is 0 Å². The topological polar surface area (TPSA) is 25.8 Å². The van der Waals surface area contributed by atoms with Gasteiger partial charge in [-0.1, -0.05) is 23.7 Å². The van der Waals surface area contributed by atoms with Crippen molar-refractivity contribution < 1.29 is 0 Å². The van der Waals surface area contributed by atoms with Crippen molar-refractivity contribution >= 4 is 39.3 Å². The minimum Gasteiger partial charge on any atom is -0.232 e. The molecular formula is C12H10BrClN2S. The molecule has 0 aliphatic carbocycles. The van der Waals surface area contributed by atoms with Crippen molar-refractivity contribution in [2.75, 3.05) is 6.26 Å². The first-order valence-corrected chi connectivity index (χ1v) is 7.35. The molecule has 1 aromatic heterocycles. The van der Waals surface area contributed by atoms with E-state index in [1.807, 2.05) is 25.3 Å². The fourth-order valence-corrected chi connectivity index (χ4v) is 2.20. The van der Waals surface area contributed by atoms with Crippen LogP contribution in [0, 0.1) is 6.92 Å². The Hall–Kier alpha value is -0.580. The highest BCUT2D eigenvalue weighted by atomic mass is 79.9. The largest absolute Gasteiger partial charge is 0.232 e. The Kier molecular flexibility index (Phi) is 4.07. The Bertz CT molecular complexity index is 520. The van der Waals surface area contributed by atoms with Crippen molar-refractivity contribution in [2.24, 2.45) is 0 Å². The summed E-state index contributed by atoms with van der Waals surface area (Å²) in [5, 5.41) is 0.446. The minimum atomic E-state index is 0.446. The average Bonchev–Trinajstić information content (AvgIpc) is 2.35. The van der Waals surface area contributed by atoms with Gasteiger partial charge in [0.15, 0.2) is 5.82 Å². The number of thioether (sulfide) groups is 1. The van der Waals surface area contributed by atoms with Gasteiger partial charge in [0.25, 0.3) is 0 Å². The second-order valence-corrected chi connectivity index (χ2v) is 5.50. The molecule has 0 unspecified atom stereocenters. The zero-order valence-corrected chi connectivity index (χ0v) is 12.5. The normalized spacial score (nSPS) is 10.6. The Morgan fingerprint density at radius 2 is 1.82 bits per heavy atom. The van der Waals surface area contributed by atoms with Gasteiger partial charge in [0.05, 0.1) is 10.2 Å². The highest BCUT2D eigenvalue weighted by Crippen LogP contribution is 2.27. The van der Waals surface area contributed by atoms with Crippen LogP contribution < -0.4 is 0 Å². The second kappa shape index (κ2) is 5.38. The third-order valence-electron chi connectivity index (χ3n) is 2.32. The monoisotopic (exact) mass is 328 g/mol. The van der Waals surface area contributed by atoms with Gasteiger partial charge in [-0.25, -0.2) is 9.97 Å². The van der Waals surface area contributed by atoms with E-state index in [1.165, 1.54) is 4.90 Å².